The van der Waals surface area contributed by atoms with E-state index < -0.39 is 6.04 Å². The minimum Gasteiger partial charge on any atom is -0.354 e. The van der Waals surface area contributed by atoms with E-state index in [9.17, 15) is 4.79 Å². The Hall–Kier alpha value is -1.06. The van der Waals surface area contributed by atoms with Gasteiger partial charge in [0.15, 0.2) is 0 Å². The van der Waals surface area contributed by atoms with Crippen LogP contribution in [0.25, 0.3) is 0 Å². The Morgan fingerprint density at radius 1 is 1.15 bits per heavy atom. The van der Waals surface area contributed by atoms with Gasteiger partial charge in [0.2, 0.25) is 5.91 Å². The van der Waals surface area contributed by atoms with Gasteiger partial charge in [-0.1, -0.05) is 65.0 Å². The van der Waals surface area contributed by atoms with Crippen LogP contribution in [-0.4, -0.2) is 18.5 Å². The van der Waals surface area contributed by atoms with Crippen LogP contribution in [0.15, 0.2) is 30.3 Å². The van der Waals surface area contributed by atoms with Crippen molar-refractivity contribution >= 4 is 18.3 Å². The number of benzene rings is 1. The fraction of sp³-hybridized carbons (Fsp3) is 0.562. The van der Waals surface area contributed by atoms with E-state index >= 15 is 0 Å². The fourth-order valence-electron chi connectivity index (χ4n) is 1.80. The quantitative estimate of drug-likeness (QED) is 0.898. The molecule has 0 saturated heterocycles. The normalized spacial score (nSPS) is 13.3. The van der Waals surface area contributed by atoms with E-state index in [2.05, 4.69) is 31.3 Å². The summed E-state index contributed by atoms with van der Waals surface area (Å²) in [7, 11) is 0. The standard InChI is InChI=1S/C16H26N2O.ClH/c1-15(2,3)13(17)14(19)18-11-16(4,5)12-9-7-6-8-10-12;/h6-10,13H,11,17H2,1-5H3,(H,18,19);1H/t13-;/m1./s1. The van der Waals surface area contributed by atoms with Crippen LogP contribution in [0.5, 0.6) is 0 Å². The van der Waals surface area contributed by atoms with Crippen LogP contribution in [0.4, 0.5) is 0 Å². The molecule has 1 aromatic carbocycles. The fourth-order valence-corrected chi connectivity index (χ4v) is 1.80. The third-order valence-corrected chi connectivity index (χ3v) is 3.48. The Morgan fingerprint density at radius 3 is 2.10 bits per heavy atom. The molecule has 4 heteroatoms. The largest absolute Gasteiger partial charge is 0.354 e. The van der Waals surface area contributed by atoms with Crippen molar-refractivity contribution in [1.82, 2.24) is 5.32 Å². The molecule has 1 aromatic rings. The first kappa shape index (κ1) is 18.9. The Morgan fingerprint density at radius 2 is 1.65 bits per heavy atom. The van der Waals surface area contributed by atoms with Gasteiger partial charge in [0.05, 0.1) is 6.04 Å². The molecule has 0 unspecified atom stereocenters. The van der Waals surface area contributed by atoms with Crippen LogP contribution < -0.4 is 11.1 Å². The second kappa shape index (κ2) is 7.09. The average molecular weight is 299 g/mol. The molecule has 1 atom stereocenters. The molecule has 3 N–H and O–H groups in total. The van der Waals surface area contributed by atoms with Gasteiger partial charge >= 0.3 is 0 Å². The number of nitrogens with one attached hydrogen (secondary N) is 1. The van der Waals surface area contributed by atoms with E-state index in [4.69, 9.17) is 5.73 Å². The average Bonchev–Trinajstić information content (AvgIpc) is 2.35. The summed E-state index contributed by atoms with van der Waals surface area (Å²) >= 11 is 0. The highest BCUT2D eigenvalue weighted by Gasteiger charge is 2.29. The maximum atomic E-state index is 12.0. The van der Waals surface area contributed by atoms with E-state index in [-0.39, 0.29) is 29.1 Å². The van der Waals surface area contributed by atoms with Crippen molar-refractivity contribution in [1.29, 1.82) is 0 Å². The summed E-state index contributed by atoms with van der Waals surface area (Å²) in [5.41, 5.74) is 6.83. The SMILES string of the molecule is CC(C)(CNC(=O)[C@@H](N)C(C)(C)C)c1ccccc1.Cl. The second-order valence-electron chi connectivity index (χ2n) is 6.81. The Kier molecular flexibility index (Phi) is 6.72. The van der Waals surface area contributed by atoms with Crippen molar-refractivity contribution < 1.29 is 4.79 Å². The predicted molar refractivity (Wildman–Crippen MR) is 87.2 cm³/mol. The third-order valence-electron chi connectivity index (χ3n) is 3.48. The summed E-state index contributed by atoms with van der Waals surface area (Å²) in [6.45, 7) is 10.7. The lowest BCUT2D eigenvalue weighted by Crippen LogP contribution is -2.50. The summed E-state index contributed by atoms with van der Waals surface area (Å²) in [5, 5.41) is 2.96. The number of carbonyl (C=O) groups excluding carboxylic acids is 1. The molecule has 0 heterocycles. The first-order valence-corrected chi connectivity index (χ1v) is 6.73. The molecule has 0 radical (unpaired) electrons. The maximum absolute atomic E-state index is 12.0. The van der Waals surface area contributed by atoms with Crippen LogP contribution in [0.2, 0.25) is 0 Å². The smallest absolute Gasteiger partial charge is 0.237 e. The van der Waals surface area contributed by atoms with Crippen molar-refractivity contribution in [2.24, 2.45) is 11.1 Å². The monoisotopic (exact) mass is 298 g/mol. The molecule has 1 rings (SSSR count). The number of carbonyl (C=O) groups is 1. The van der Waals surface area contributed by atoms with Gasteiger partial charge < -0.3 is 11.1 Å². The van der Waals surface area contributed by atoms with Gasteiger partial charge in [-0.05, 0) is 11.0 Å². The summed E-state index contributed by atoms with van der Waals surface area (Å²) in [6, 6.07) is 9.69. The van der Waals surface area contributed by atoms with E-state index in [0.29, 0.717) is 6.54 Å². The van der Waals surface area contributed by atoms with Gasteiger partial charge in [0.1, 0.15) is 0 Å². The van der Waals surface area contributed by atoms with Crippen molar-refractivity contribution in [3.8, 4) is 0 Å². The zero-order valence-electron chi connectivity index (χ0n) is 13.1. The first-order chi connectivity index (χ1) is 8.64. The van der Waals surface area contributed by atoms with Crippen LogP contribution >= 0.6 is 12.4 Å². The van der Waals surface area contributed by atoms with Gasteiger partial charge in [-0.3, -0.25) is 4.79 Å². The highest BCUT2D eigenvalue weighted by atomic mass is 35.5. The van der Waals surface area contributed by atoms with Crippen LogP contribution in [0.1, 0.15) is 40.2 Å². The highest BCUT2D eigenvalue weighted by molar-refractivity contribution is 5.85. The van der Waals surface area contributed by atoms with Gasteiger partial charge in [0.25, 0.3) is 0 Å². The third kappa shape index (κ3) is 5.14. The summed E-state index contributed by atoms with van der Waals surface area (Å²) in [4.78, 5) is 12.0. The molecular weight excluding hydrogens is 272 g/mol. The molecule has 0 aliphatic heterocycles. The minimum absolute atomic E-state index is 0. The molecule has 0 saturated carbocycles. The molecular formula is C16H27ClN2O. The minimum atomic E-state index is -0.487. The molecule has 3 nitrogen and oxygen atoms in total. The highest BCUT2D eigenvalue weighted by Crippen LogP contribution is 2.22. The molecule has 0 bridgehead atoms. The second-order valence-corrected chi connectivity index (χ2v) is 6.81. The van der Waals surface area contributed by atoms with Gasteiger partial charge in [-0.25, -0.2) is 0 Å². The van der Waals surface area contributed by atoms with Crippen LogP contribution in [0.3, 0.4) is 0 Å². The van der Waals surface area contributed by atoms with Crippen molar-refractivity contribution in [3.05, 3.63) is 35.9 Å². The van der Waals surface area contributed by atoms with Gasteiger partial charge in [-0.2, -0.15) is 0 Å². The predicted octanol–water partition coefficient (Wildman–Crippen LogP) is 2.88. The molecule has 0 spiro atoms. The summed E-state index contributed by atoms with van der Waals surface area (Å²) < 4.78 is 0. The van der Waals surface area contributed by atoms with Crippen molar-refractivity contribution in [3.63, 3.8) is 0 Å². The van der Waals surface area contributed by atoms with Crippen molar-refractivity contribution in [2.45, 2.75) is 46.1 Å². The van der Waals surface area contributed by atoms with E-state index in [1.165, 1.54) is 5.56 Å². The molecule has 1 amide bonds. The Balaban J connectivity index is 0.00000361. The Bertz CT molecular complexity index is 424. The van der Waals surface area contributed by atoms with Crippen LogP contribution in [-0.2, 0) is 10.2 Å². The number of amides is 1. The number of hydrogen-bond acceptors (Lipinski definition) is 2. The molecule has 0 aromatic heterocycles. The van der Waals surface area contributed by atoms with Crippen LogP contribution in [0, 0.1) is 5.41 Å². The molecule has 0 fully saturated rings. The first-order valence-electron chi connectivity index (χ1n) is 6.73. The summed E-state index contributed by atoms with van der Waals surface area (Å²) in [5.74, 6) is -0.0866. The molecule has 20 heavy (non-hydrogen) atoms. The Labute approximate surface area is 128 Å². The van der Waals surface area contributed by atoms with E-state index in [1.807, 2.05) is 39.0 Å². The van der Waals surface area contributed by atoms with Gasteiger partial charge in [-0.15, -0.1) is 12.4 Å². The maximum Gasteiger partial charge on any atom is 0.237 e. The molecule has 0 aliphatic rings. The molecule has 0 aliphatic carbocycles. The zero-order chi connectivity index (χ0) is 14.7. The number of rotatable bonds is 4. The number of nitrogens with two attached hydrogens (primary N) is 1. The topological polar surface area (TPSA) is 55.1 Å². The number of halogens is 1. The lowest BCUT2D eigenvalue weighted by molar-refractivity contribution is -0.124. The molecule has 114 valence electrons. The zero-order valence-corrected chi connectivity index (χ0v) is 13.9. The van der Waals surface area contributed by atoms with Gasteiger partial charge in [0, 0.05) is 12.0 Å². The lowest BCUT2D eigenvalue weighted by Gasteiger charge is -2.29. The number of hydrogen-bond donors (Lipinski definition) is 2. The van der Waals surface area contributed by atoms with E-state index in [1.54, 1.807) is 0 Å². The van der Waals surface area contributed by atoms with E-state index in [0.717, 1.165) is 0 Å². The lowest BCUT2D eigenvalue weighted by atomic mass is 9.83. The van der Waals surface area contributed by atoms with Crippen molar-refractivity contribution in [2.75, 3.05) is 6.54 Å². The summed E-state index contributed by atoms with van der Waals surface area (Å²) in [6.07, 6.45) is 0.